The number of alkyl halides is 3. The van der Waals surface area contributed by atoms with Crippen LogP contribution in [0.5, 0.6) is 0 Å². The van der Waals surface area contributed by atoms with Crippen LogP contribution >= 0.6 is 0 Å². The Morgan fingerprint density at radius 1 is 1.06 bits per heavy atom. The Morgan fingerprint density at radius 2 is 1.67 bits per heavy atom. The van der Waals surface area contributed by atoms with Crippen LogP contribution in [0.1, 0.15) is 11.4 Å². The molecule has 3 nitrogen and oxygen atoms in total. The average molecular weight is 249 g/mol. The van der Waals surface area contributed by atoms with Gasteiger partial charge in [0.2, 0.25) is 5.82 Å². The van der Waals surface area contributed by atoms with Gasteiger partial charge in [-0.2, -0.15) is 18.4 Å². The lowest BCUT2D eigenvalue weighted by atomic mass is 10.0. The van der Waals surface area contributed by atoms with Crippen LogP contribution in [-0.4, -0.2) is 9.97 Å². The fourth-order valence-corrected chi connectivity index (χ4v) is 1.51. The van der Waals surface area contributed by atoms with Crippen molar-refractivity contribution in [3.8, 4) is 17.2 Å². The summed E-state index contributed by atoms with van der Waals surface area (Å²) in [4.78, 5) is 7.31. The molecular weight excluding hydrogens is 243 g/mol. The first-order valence-corrected chi connectivity index (χ1v) is 4.91. The molecule has 90 valence electrons. The maximum absolute atomic E-state index is 12.8. The van der Waals surface area contributed by atoms with Crippen LogP contribution in [0.2, 0.25) is 0 Å². The largest absolute Gasteiger partial charge is 0.417 e. The van der Waals surface area contributed by atoms with Crippen LogP contribution in [0.15, 0.2) is 36.7 Å². The van der Waals surface area contributed by atoms with Gasteiger partial charge in [0, 0.05) is 18.0 Å². The first kappa shape index (κ1) is 12.0. The van der Waals surface area contributed by atoms with Gasteiger partial charge in [0.15, 0.2) is 0 Å². The van der Waals surface area contributed by atoms with Crippen LogP contribution in [0.25, 0.3) is 11.1 Å². The minimum Gasteiger partial charge on any atom is -0.227 e. The highest BCUT2D eigenvalue weighted by molar-refractivity contribution is 5.66. The van der Waals surface area contributed by atoms with E-state index in [9.17, 15) is 13.2 Å². The molecule has 0 atom stereocenters. The number of hydrogen-bond acceptors (Lipinski definition) is 3. The number of aromatic nitrogens is 2. The highest BCUT2D eigenvalue weighted by atomic mass is 19.4. The lowest BCUT2D eigenvalue weighted by Gasteiger charge is -2.11. The molecule has 0 aliphatic rings. The van der Waals surface area contributed by atoms with Crippen molar-refractivity contribution in [1.82, 2.24) is 9.97 Å². The second-order valence-electron chi connectivity index (χ2n) is 3.45. The smallest absolute Gasteiger partial charge is 0.227 e. The third kappa shape index (κ3) is 2.30. The summed E-state index contributed by atoms with van der Waals surface area (Å²) in [6.45, 7) is 0. The molecule has 1 aromatic carbocycles. The molecule has 1 aromatic heterocycles. The lowest BCUT2D eigenvalue weighted by molar-refractivity contribution is -0.137. The summed E-state index contributed by atoms with van der Waals surface area (Å²) >= 11 is 0. The Kier molecular flexibility index (Phi) is 2.98. The number of nitrogens with zero attached hydrogens (tertiary/aromatic N) is 3. The van der Waals surface area contributed by atoms with Crippen molar-refractivity contribution in [2.45, 2.75) is 6.18 Å². The van der Waals surface area contributed by atoms with E-state index in [2.05, 4.69) is 9.97 Å². The van der Waals surface area contributed by atoms with Gasteiger partial charge in [0.1, 0.15) is 6.07 Å². The molecule has 0 N–H and O–H groups in total. The molecule has 0 spiro atoms. The molecule has 0 bridgehead atoms. The maximum atomic E-state index is 12.8. The molecule has 0 amide bonds. The van der Waals surface area contributed by atoms with Crippen molar-refractivity contribution in [2.75, 3.05) is 0 Å². The predicted octanol–water partition coefficient (Wildman–Crippen LogP) is 3.03. The maximum Gasteiger partial charge on any atom is 0.417 e. The molecule has 0 radical (unpaired) electrons. The highest BCUT2D eigenvalue weighted by Gasteiger charge is 2.33. The third-order valence-corrected chi connectivity index (χ3v) is 2.30. The van der Waals surface area contributed by atoms with E-state index in [1.165, 1.54) is 30.6 Å². The van der Waals surface area contributed by atoms with E-state index in [-0.39, 0.29) is 17.0 Å². The van der Waals surface area contributed by atoms with Crippen LogP contribution in [0.4, 0.5) is 13.2 Å². The summed E-state index contributed by atoms with van der Waals surface area (Å²) in [6.07, 6.45) is -2.03. The minimum absolute atomic E-state index is 0.00510. The van der Waals surface area contributed by atoms with Gasteiger partial charge in [-0.25, -0.2) is 9.97 Å². The average Bonchev–Trinajstić information content (AvgIpc) is 2.38. The first-order chi connectivity index (χ1) is 8.52. The zero-order valence-corrected chi connectivity index (χ0v) is 8.94. The highest BCUT2D eigenvalue weighted by Crippen LogP contribution is 2.36. The molecule has 0 aliphatic heterocycles. The predicted molar refractivity (Wildman–Crippen MR) is 57.2 cm³/mol. The van der Waals surface area contributed by atoms with Crippen molar-refractivity contribution in [3.05, 3.63) is 48.0 Å². The van der Waals surface area contributed by atoms with E-state index in [1.54, 1.807) is 6.07 Å². The van der Waals surface area contributed by atoms with Crippen molar-refractivity contribution in [1.29, 1.82) is 5.26 Å². The molecule has 2 aromatic rings. The fourth-order valence-electron chi connectivity index (χ4n) is 1.51. The zero-order chi connectivity index (χ0) is 13.2. The number of hydrogen-bond donors (Lipinski definition) is 0. The van der Waals surface area contributed by atoms with E-state index in [1.807, 2.05) is 0 Å². The van der Waals surface area contributed by atoms with Crippen LogP contribution in [-0.2, 0) is 6.18 Å². The van der Waals surface area contributed by atoms with E-state index >= 15 is 0 Å². The van der Waals surface area contributed by atoms with Gasteiger partial charge >= 0.3 is 6.18 Å². The molecule has 6 heteroatoms. The zero-order valence-electron chi connectivity index (χ0n) is 8.94. The summed E-state index contributed by atoms with van der Waals surface area (Å²) < 4.78 is 38.4. The quantitative estimate of drug-likeness (QED) is 0.780. The Bertz CT molecular complexity index is 597. The van der Waals surface area contributed by atoms with Gasteiger partial charge in [0.25, 0.3) is 0 Å². The lowest BCUT2D eigenvalue weighted by Crippen LogP contribution is -2.07. The van der Waals surface area contributed by atoms with Gasteiger partial charge in [-0.3, -0.25) is 0 Å². The van der Waals surface area contributed by atoms with Gasteiger partial charge in [0.05, 0.1) is 5.56 Å². The minimum atomic E-state index is -4.44. The SMILES string of the molecule is N#Cc1ncc(-c2ccccc2C(F)(F)F)cn1. The van der Waals surface area contributed by atoms with Crippen molar-refractivity contribution < 1.29 is 13.2 Å². The molecule has 0 saturated carbocycles. The van der Waals surface area contributed by atoms with Gasteiger partial charge < -0.3 is 0 Å². The molecule has 0 saturated heterocycles. The first-order valence-electron chi connectivity index (χ1n) is 4.91. The third-order valence-electron chi connectivity index (χ3n) is 2.30. The van der Waals surface area contributed by atoms with E-state index in [4.69, 9.17) is 5.26 Å². The monoisotopic (exact) mass is 249 g/mol. The Balaban J connectivity index is 2.54. The number of nitriles is 1. The standard InChI is InChI=1S/C12H6F3N3/c13-12(14,15)10-4-2-1-3-9(10)8-6-17-11(5-16)18-7-8/h1-4,6-7H. The summed E-state index contributed by atoms with van der Waals surface area (Å²) in [5.41, 5.74) is -0.533. The van der Waals surface area contributed by atoms with Crippen LogP contribution in [0.3, 0.4) is 0 Å². The van der Waals surface area contributed by atoms with E-state index in [0.717, 1.165) is 6.07 Å². The molecule has 18 heavy (non-hydrogen) atoms. The van der Waals surface area contributed by atoms with E-state index < -0.39 is 11.7 Å². The van der Waals surface area contributed by atoms with Gasteiger partial charge in [-0.1, -0.05) is 18.2 Å². The van der Waals surface area contributed by atoms with E-state index in [0.29, 0.717) is 0 Å². The molecular formula is C12H6F3N3. The molecule has 0 fully saturated rings. The second kappa shape index (κ2) is 4.45. The summed E-state index contributed by atoms with van der Waals surface area (Å²) in [7, 11) is 0. The number of halogens is 3. The summed E-state index contributed by atoms with van der Waals surface area (Å²) in [6, 6.07) is 6.86. The van der Waals surface area contributed by atoms with Crippen LogP contribution in [0, 0.1) is 11.3 Å². The fraction of sp³-hybridized carbons (Fsp3) is 0.0833. The Morgan fingerprint density at radius 3 is 2.22 bits per heavy atom. The van der Waals surface area contributed by atoms with Gasteiger partial charge in [-0.05, 0) is 11.6 Å². The molecule has 0 unspecified atom stereocenters. The topological polar surface area (TPSA) is 49.6 Å². The second-order valence-corrected chi connectivity index (χ2v) is 3.45. The Hall–Kier alpha value is -2.42. The molecule has 1 heterocycles. The molecule has 2 rings (SSSR count). The van der Waals surface area contributed by atoms with Crippen molar-refractivity contribution in [3.63, 3.8) is 0 Å². The summed E-state index contributed by atoms with van der Waals surface area (Å²) in [5, 5.41) is 8.53. The summed E-state index contributed by atoms with van der Waals surface area (Å²) in [5.74, 6) is -0.0803. The van der Waals surface area contributed by atoms with Crippen LogP contribution < -0.4 is 0 Å². The normalized spacial score (nSPS) is 11.0. The number of benzene rings is 1. The van der Waals surface area contributed by atoms with Gasteiger partial charge in [-0.15, -0.1) is 0 Å². The van der Waals surface area contributed by atoms with Crippen molar-refractivity contribution >= 4 is 0 Å². The molecule has 0 aliphatic carbocycles. The van der Waals surface area contributed by atoms with Crippen molar-refractivity contribution in [2.24, 2.45) is 0 Å². The Labute approximate surface area is 101 Å². The number of rotatable bonds is 1.